The van der Waals surface area contributed by atoms with E-state index in [1.54, 1.807) is 0 Å². The molecular formula is C22H22F5N3O4S. The summed E-state index contributed by atoms with van der Waals surface area (Å²) < 4.78 is 93.8. The maximum Gasteiger partial charge on any atom is 0.328 e. The van der Waals surface area contributed by atoms with Gasteiger partial charge in [-0.05, 0) is 37.0 Å². The van der Waals surface area contributed by atoms with Crippen LogP contribution in [0.4, 0.5) is 26.7 Å². The Labute approximate surface area is 198 Å². The molecule has 3 amide bonds. The van der Waals surface area contributed by atoms with Gasteiger partial charge in [-0.1, -0.05) is 31.4 Å². The number of benzene rings is 2. The second-order valence-corrected chi connectivity index (χ2v) is 9.69. The van der Waals surface area contributed by atoms with Gasteiger partial charge in [0, 0.05) is 12.6 Å². The highest BCUT2D eigenvalue weighted by atomic mass is 32.2. The maximum atomic E-state index is 13.7. The van der Waals surface area contributed by atoms with Crippen molar-refractivity contribution in [1.82, 2.24) is 15.4 Å². The van der Waals surface area contributed by atoms with Gasteiger partial charge in [-0.15, -0.1) is 0 Å². The summed E-state index contributed by atoms with van der Waals surface area (Å²) in [6.45, 7) is -0.244. The van der Waals surface area contributed by atoms with Crippen LogP contribution >= 0.6 is 0 Å². The summed E-state index contributed by atoms with van der Waals surface area (Å²) in [7, 11) is -4.14. The molecule has 1 aliphatic rings. The number of hydrogen-bond donors (Lipinski definition) is 3. The van der Waals surface area contributed by atoms with Crippen molar-refractivity contribution >= 4 is 22.0 Å². The fourth-order valence-corrected chi connectivity index (χ4v) is 4.61. The van der Waals surface area contributed by atoms with E-state index in [1.165, 1.54) is 24.3 Å². The van der Waals surface area contributed by atoms with E-state index in [-0.39, 0.29) is 23.9 Å². The molecule has 1 aliphatic carbocycles. The van der Waals surface area contributed by atoms with Gasteiger partial charge in [0.1, 0.15) is 5.56 Å². The Kier molecular flexibility index (Phi) is 8.30. The van der Waals surface area contributed by atoms with Crippen LogP contribution in [0.3, 0.4) is 0 Å². The normalized spacial score (nSPS) is 14.4. The first kappa shape index (κ1) is 26.4. The second-order valence-electron chi connectivity index (χ2n) is 8.01. The molecule has 13 heteroatoms. The van der Waals surface area contributed by atoms with Gasteiger partial charge >= 0.3 is 6.03 Å². The zero-order chi connectivity index (χ0) is 25.8. The van der Waals surface area contributed by atoms with Crippen LogP contribution in [0.5, 0.6) is 0 Å². The largest absolute Gasteiger partial charge is 0.352 e. The first-order valence-corrected chi connectivity index (χ1v) is 12.2. The Morgan fingerprint density at radius 1 is 0.829 bits per heavy atom. The summed E-state index contributed by atoms with van der Waals surface area (Å²) in [5.74, 6) is -12.8. The van der Waals surface area contributed by atoms with Crippen LogP contribution in [0.25, 0.3) is 0 Å². The molecule has 3 rings (SSSR count). The standard InChI is InChI=1S/C22H22F5N3O4S/c23-16-15(17(24)19(26)20(27)18(16)25)21(31)28-11-10-12-6-8-14(9-7-12)35(33,34)30-22(32)29-13-4-2-1-3-5-13/h6-9,13H,1-5,10-11H2,(H,28,31)(H2,29,30,32). The molecular weight excluding hydrogens is 497 g/mol. The highest BCUT2D eigenvalue weighted by Gasteiger charge is 2.29. The molecule has 7 nitrogen and oxygen atoms in total. The van der Waals surface area contributed by atoms with Gasteiger partial charge in [0.05, 0.1) is 4.90 Å². The van der Waals surface area contributed by atoms with Crippen molar-refractivity contribution in [2.24, 2.45) is 0 Å². The third-order valence-electron chi connectivity index (χ3n) is 5.54. The Morgan fingerprint density at radius 2 is 1.37 bits per heavy atom. The minimum absolute atomic E-state index is 0.0526. The van der Waals surface area contributed by atoms with E-state index in [1.807, 2.05) is 4.72 Å². The number of hydrogen-bond acceptors (Lipinski definition) is 4. The van der Waals surface area contributed by atoms with Gasteiger partial charge in [0.15, 0.2) is 23.3 Å². The summed E-state index contributed by atoms with van der Waals surface area (Å²) in [6, 6.07) is 4.31. The highest BCUT2D eigenvalue weighted by Crippen LogP contribution is 2.23. The SMILES string of the molecule is O=C(NC1CCCCC1)NS(=O)(=O)c1ccc(CCNC(=O)c2c(F)c(F)c(F)c(F)c2F)cc1. The Balaban J connectivity index is 1.56. The molecule has 0 bridgehead atoms. The molecule has 0 atom stereocenters. The smallest absolute Gasteiger partial charge is 0.328 e. The van der Waals surface area contributed by atoms with Crippen LogP contribution in [-0.2, 0) is 16.4 Å². The molecule has 0 aliphatic heterocycles. The molecule has 2 aromatic carbocycles. The zero-order valence-corrected chi connectivity index (χ0v) is 19.1. The van der Waals surface area contributed by atoms with Crippen molar-refractivity contribution in [3.63, 3.8) is 0 Å². The van der Waals surface area contributed by atoms with E-state index in [0.29, 0.717) is 5.56 Å². The highest BCUT2D eigenvalue weighted by molar-refractivity contribution is 7.90. The van der Waals surface area contributed by atoms with Gasteiger partial charge in [-0.3, -0.25) is 4.79 Å². The van der Waals surface area contributed by atoms with Crippen LogP contribution in [0, 0.1) is 29.1 Å². The minimum Gasteiger partial charge on any atom is -0.352 e. The number of carbonyl (C=O) groups excluding carboxylic acids is 2. The molecule has 0 spiro atoms. The molecule has 0 radical (unpaired) electrons. The van der Waals surface area contributed by atoms with E-state index in [0.717, 1.165) is 32.1 Å². The lowest BCUT2D eigenvalue weighted by Gasteiger charge is -2.22. The number of carbonyl (C=O) groups is 2. The maximum absolute atomic E-state index is 13.7. The summed E-state index contributed by atoms with van der Waals surface area (Å²) in [6.07, 6.45) is 4.61. The molecule has 0 aromatic heterocycles. The Bertz CT molecular complexity index is 1190. The van der Waals surface area contributed by atoms with Crippen LogP contribution in [0.1, 0.15) is 48.0 Å². The predicted octanol–water partition coefficient (Wildman–Crippen LogP) is 3.68. The van der Waals surface area contributed by atoms with Gasteiger partial charge in [-0.25, -0.2) is 39.9 Å². The van der Waals surface area contributed by atoms with Gasteiger partial charge in [0.2, 0.25) is 5.82 Å². The summed E-state index contributed by atoms with van der Waals surface area (Å²) in [5, 5.41) is 4.69. The van der Waals surface area contributed by atoms with E-state index in [2.05, 4.69) is 10.6 Å². The summed E-state index contributed by atoms with van der Waals surface area (Å²) in [5.41, 5.74) is -1.10. The third-order valence-corrected chi connectivity index (χ3v) is 6.88. The molecule has 190 valence electrons. The van der Waals surface area contributed by atoms with Crippen LogP contribution < -0.4 is 15.4 Å². The van der Waals surface area contributed by atoms with Crippen molar-refractivity contribution < 1.29 is 40.0 Å². The average Bonchev–Trinajstić information content (AvgIpc) is 2.82. The lowest BCUT2D eigenvalue weighted by molar-refractivity contribution is 0.0942. The topological polar surface area (TPSA) is 104 Å². The molecule has 0 unspecified atom stereocenters. The number of rotatable bonds is 7. The van der Waals surface area contributed by atoms with Crippen LogP contribution in [0.2, 0.25) is 0 Å². The van der Waals surface area contributed by atoms with E-state index >= 15 is 0 Å². The molecule has 0 saturated heterocycles. The second kappa shape index (κ2) is 11.0. The minimum atomic E-state index is -4.14. The van der Waals surface area contributed by atoms with Crippen molar-refractivity contribution in [3.8, 4) is 0 Å². The van der Waals surface area contributed by atoms with E-state index < -0.39 is 56.6 Å². The Hall–Kier alpha value is -3.22. The molecule has 3 N–H and O–H groups in total. The summed E-state index contributed by atoms with van der Waals surface area (Å²) in [4.78, 5) is 23.8. The van der Waals surface area contributed by atoms with E-state index in [9.17, 15) is 40.0 Å². The quantitative estimate of drug-likeness (QED) is 0.295. The fraction of sp³-hybridized carbons (Fsp3) is 0.364. The van der Waals surface area contributed by atoms with Gasteiger partial charge in [-0.2, -0.15) is 0 Å². The van der Waals surface area contributed by atoms with Crippen molar-refractivity contribution in [1.29, 1.82) is 0 Å². The molecule has 2 aromatic rings. The first-order valence-electron chi connectivity index (χ1n) is 10.7. The zero-order valence-electron chi connectivity index (χ0n) is 18.3. The third kappa shape index (κ3) is 6.27. The number of nitrogens with one attached hydrogen (secondary N) is 3. The molecule has 1 saturated carbocycles. The fourth-order valence-electron chi connectivity index (χ4n) is 3.69. The van der Waals surface area contributed by atoms with Gasteiger partial charge < -0.3 is 10.6 Å². The number of urea groups is 1. The van der Waals surface area contributed by atoms with Crippen LogP contribution in [0.15, 0.2) is 29.2 Å². The van der Waals surface area contributed by atoms with E-state index in [4.69, 9.17) is 0 Å². The molecule has 35 heavy (non-hydrogen) atoms. The number of amides is 3. The average molecular weight is 519 g/mol. The summed E-state index contributed by atoms with van der Waals surface area (Å²) >= 11 is 0. The lowest BCUT2D eigenvalue weighted by Crippen LogP contribution is -2.45. The predicted molar refractivity (Wildman–Crippen MR) is 114 cm³/mol. The van der Waals surface area contributed by atoms with Crippen molar-refractivity contribution in [2.45, 2.75) is 49.5 Å². The lowest BCUT2D eigenvalue weighted by atomic mass is 9.96. The number of halogens is 5. The van der Waals surface area contributed by atoms with Crippen molar-refractivity contribution in [3.05, 3.63) is 64.5 Å². The molecule has 1 fully saturated rings. The first-order chi connectivity index (χ1) is 16.5. The van der Waals surface area contributed by atoms with Crippen LogP contribution in [-0.4, -0.2) is 32.9 Å². The monoisotopic (exact) mass is 519 g/mol. The van der Waals surface area contributed by atoms with Crippen molar-refractivity contribution in [2.75, 3.05) is 6.54 Å². The Morgan fingerprint density at radius 3 is 1.94 bits per heavy atom. The molecule has 0 heterocycles. The van der Waals surface area contributed by atoms with Gasteiger partial charge in [0.25, 0.3) is 15.9 Å². The number of sulfonamides is 1.